The average molecular weight is 193 g/mol. The SMILES string of the molecule is C=CC=C.C=Cc1ccccc1Cl. The van der Waals surface area contributed by atoms with E-state index in [1.54, 1.807) is 18.2 Å². The molecular weight excluding hydrogens is 180 g/mol. The maximum absolute atomic E-state index is 5.75. The molecule has 0 heterocycles. The average Bonchev–Trinajstić information content (AvgIpc) is 2.19. The molecule has 0 atom stereocenters. The quantitative estimate of drug-likeness (QED) is 0.612. The third-order valence-electron chi connectivity index (χ3n) is 1.29. The molecule has 0 saturated heterocycles. The van der Waals surface area contributed by atoms with Gasteiger partial charge in [-0.1, -0.05) is 67.8 Å². The summed E-state index contributed by atoms with van der Waals surface area (Å²) in [5.41, 5.74) is 0.985. The normalized spacial score (nSPS) is 7.77. The van der Waals surface area contributed by atoms with E-state index in [9.17, 15) is 0 Å². The number of rotatable bonds is 2. The fraction of sp³-hybridized carbons (Fsp3) is 0. The van der Waals surface area contributed by atoms with Crippen LogP contribution in [0.2, 0.25) is 5.02 Å². The molecule has 0 aromatic heterocycles. The zero-order valence-electron chi connectivity index (χ0n) is 7.54. The molecule has 1 aromatic carbocycles. The fourth-order valence-corrected chi connectivity index (χ4v) is 0.854. The lowest BCUT2D eigenvalue weighted by molar-refractivity contribution is 1.66. The van der Waals surface area contributed by atoms with Crippen LogP contribution < -0.4 is 0 Å². The Morgan fingerprint density at radius 1 is 1.00 bits per heavy atom. The summed E-state index contributed by atoms with van der Waals surface area (Å²) in [7, 11) is 0. The highest BCUT2D eigenvalue weighted by atomic mass is 35.5. The van der Waals surface area contributed by atoms with Crippen LogP contribution in [-0.2, 0) is 0 Å². The summed E-state index contributed by atoms with van der Waals surface area (Å²) in [6.45, 7) is 10.3. The first-order valence-corrected chi connectivity index (χ1v) is 4.24. The number of allylic oxidation sites excluding steroid dienone is 2. The summed E-state index contributed by atoms with van der Waals surface area (Å²) in [6.07, 6.45) is 5.02. The van der Waals surface area contributed by atoms with E-state index in [0.717, 1.165) is 10.6 Å². The molecule has 0 unspecified atom stereocenters. The topological polar surface area (TPSA) is 0 Å². The smallest absolute Gasteiger partial charge is 0.0478 e. The molecule has 0 aliphatic heterocycles. The molecule has 1 heteroatoms. The Kier molecular flexibility index (Phi) is 6.66. The van der Waals surface area contributed by atoms with Crippen molar-refractivity contribution < 1.29 is 0 Å². The van der Waals surface area contributed by atoms with E-state index in [0.29, 0.717) is 0 Å². The molecule has 1 rings (SSSR count). The molecule has 68 valence electrons. The van der Waals surface area contributed by atoms with Gasteiger partial charge in [0, 0.05) is 5.02 Å². The van der Waals surface area contributed by atoms with E-state index in [4.69, 9.17) is 11.6 Å². The van der Waals surface area contributed by atoms with E-state index >= 15 is 0 Å². The first-order chi connectivity index (χ1) is 6.26. The molecule has 0 radical (unpaired) electrons. The first-order valence-electron chi connectivity index (χ1n) is 3.86. The summed E-state index contributed by atoms with van der Waals surface area (Å²) in [6, 6.07) is 7.60. The Balaban J connectivity index is 0.000000310. The second-order valence-electron chi connectivity index (χ2n) is 2.20. The molecular formula is C12H13Cl. The number of halogens is 1. The molecule has 0 aliphatic rings. The summed E-state index contributed by atoms with van der Waals surface area (Å²) in [5, 5.41) is 0.757. The van der Waals surface area contributed by atoms with Gasteiger partial charge in [-0.25, -0.2) is 0 Å². The van der Waals surface area contributed by atoms with Crippen molar-refractivity contribution in [3.05, 3.63) is 66.7 Å². The molecule has 0 spiro atoms. The van der Waals surface area contributed by atoms with Crippen molar-refractivity contribution in [1.82, 2.24) is 0 Å². The van der Waals surface area contributed by atoms with Crippen molar-refractivity contribution in [1.29, 1.82) is 0 Å². The van der Waals surface area contributed by atoms with Gasteiger partial charge in [0.15, 0.2) is 0 Å². The van der Waals surface area contributed by atoms with E-state index in [1.165, 1.54) is 0 Å². The Labute approximate surface area is 84.9 Å². The minimum atomic E-state index is 0.757. The van der Waals surface area contributed by atoms with E-state index < -0.39 is 0 Å². The van der Waals surface area contributed by atoms with Gasteiger partial charge in [-0.3, -0.25) is 0 Å². The Morgan fingerprint density at radius 2 is 1.54 bits per heavy atom. The molecule has 0 N–H and O–H groups in total. The van der Waals surface area contributed by atoms with Gasteiger partial charge in [-0.15, -0.1) is 0 Å². The zero-order chi connectivity index (χ0) is 10.1. The van der Waals surface area contributed by atoms with Gasteiger partial charge in [0.2, 0.25) is 0 Å². The van der Waals surface area contributed by atoms with Crippen LogP contribution in [0.15, 0.2) is 56.2 Å². The van der Waals surface area contributed by atoms with Crippen LogP contribution in [0.25, 0.3) is 6.08 Å². The van der Waals surface area contributed by atoms with Crippen molar-refractivity contribution in [3.63, 3.8) is 0 Å². The highest BCUT2D eigenvalue weighted by molar-refractivity contribution is 6.32. The summed E-state index contributed by atoms with van der Waals surface area (Å²) < 4.78 is 0. The van der Waals surface area contributed by atoms with Crippen LogP contribution >= 0.6 is 11.6 Å². The summed E-state index contributed by atoms with van der Waals surface area (Å²) in [4.78, 5) is 0. The minimum Gasteiger partial charge on any atom is -0.0991 e. The second kappa shape index (κ2) is 7.38. The predicted molar refractivity (Wildman–Crippen MR) is 61.9 cm³/mol. The number of hydrogen-bond donors (Lipinski definition) is 0. The number of hydrogen-bond acceptors (Lipinski definition) is 0. The largest absolute Gasteiger partial charge is 0.0991 e. The van der Waals surface area contributed by atoms with Gasteiger partial charge in [-0.05, 0) is 11.6 Å². The lowest BCUT2D eigenvalue weighted by Crippen LogP contribution is -1.69. The fourth-order valence-electron chi connectivity index (χ4n) is 0.641. The lowest BCUT2D eigenvalue weighted by Gasteiger charge is -1.92. The van der Waals surface area contributed by atoms with Crippen LogP contribution in [0.4, 0.5) is 0 Å². The standard InChI is InChI=1S/C8H7Cl.C4H6/c1-2-7-5-3-4-6-8(7)9;1-3-4-2/h2-6H,1H2;3-4H,1-2H2. The van der Waals surface area contributed by atoms with Crippen molar-refractivity contribution in [3.8, 4) is 0 Å². The van der Waals surface area contributed by atoms with Crippen LogP contribution in [0.3, 0.4) is 0 Å². The maximum Gasteiger partial charge on any atom is 0.0478 e. The molecule has 0 aliphatic carbocycles. The molecule has 0 amide bonds. The monoisotopic (exact) mass is 192 g/mol. The third-order valence-corrected chi connectivity index (χ3v) is 1.64. The Morgan fingerprint density at radius 3 is 1.85 bits per heavy atom. The summed E-state index contributed by atoms with van der Waals surface area (Å²) in [5.74, 6) is 0. The van der Waals surface area contributed by atoms with E-state index in [2.05, 4.69) is 19.7 Å². The highest BCUT2D eigenvalue weighted by Crippen LogP contribution is 2.14. The van der Waals surface area contributed by atoms with Gasteiger partial charge >= 0.3 is 0 Å². The van der Waals surface area contributed by atoms with Crippen LogP contribution in [-0.4, -0.2) is 0 Å². The molecule has 1 aromatic rings. The van der Waals surface area contributed by atoms with Gasteiger partial charge in [0.05, 0.1) is 0 Å². The van der Waals surface area contributed by atoms with Gasteiger partial charge in [0.25, 0.3) is 0 Å². The minimum absolute atomic E-state index is 0.757. The van der Waals surface area contributed by atoms with E-state index in [1.807, 2.05) is 24.3 Å². The van der Waals surface area contributed by atoms with Crippen LogP contribution in [0.5, 0.6) is 0 Å². The zero-order valence-corrected chi connectivity index (χ0v) is 8.30. The summed E-state index contributed by atoms with van der Waals surface area (Å²) >= 11 is 5.75. The van der Waals surface area contributed by atoms with E-state index in [-0.39, 0.29) is 0 Å². The van der Waals surface area contributed by atoms with Gasteiger partial charge in [-0.2, -0.15) is 0 Å². The van der Waals surface area contributed by atoms with Crippen molar-refractivity contribution in [2.45, 2.75) is 0 Å². The maximum atomic E-state index is 5.75. The third kappa shape index (κ3) is 5.05. The molecule has 0 saturated carbocycles. The molecule has 13 heavy (non-hydrogen) atoms. The van der Waals surface area contributed by atoms with Crippen molar-refractivity contribution >= 4 is 17.7 Å². The van der Waals surface area contributed by atoms with Crippen LogP contribution in [0, 0.1) is 0 Å². The lowest BCUT2D eigenvalue weighted by atomic mass is 10.2. The predicted octanol–water partition coefficient (Wildman–Crippen LogP) is 4.34. The number of benzene rings is 1. The van der Waals surface area contributed by atoms with Crippen LogP contribution in [0.1, 0.15) is 5.56 Å². The van der Waals surface area contributed by atoms with Gasteiger partial charge in [0.1, 0.15) is 0 Å². The Hall–Kier alpha value is -1.27. The van der Waals surface area contributed by atoms with Crippen molar-refractivity contribution in [2.75, 3.05) is 0 Å². The second-order valence-corrected chi connectivity index (χ2v) is 2.60. The highest BCUT2D eigenvalue weighted by Gasteiger charge is 1.89. The molecule has 0 nitrogen and oxygen atoms in total. The van der Waals surface area contributed by atoms with Crippen molar-refractivity contribution in [2.24, 2.45) is 0 Å². The molecule has 0 fully saturated rings. The first kappa shape index (κ1) is 11.7. The van der Waals surface area contributed by atoms with Gasteiger partial charge < -0.3 is 0 Å². The molecule has 0 bridgehead atoms. The Bertz CT molecular complexity index is 281.